The van der Waals surface area contributed by atoms with Crippen LogP contribution < -0.4 is 0 Å². The minimum absolute atomic E-state index is 0.0712. The van der Waals surface area contributed by atoms with Crippen LogP contribution in [0.4, 0.5) is 0 Å². The molecule has 0 bridgehead atoms. The minimum Gasteiger partial charge on any atom is -0.434 e. The van der Waals surface area contributed by atoms with E-state index in [0.29, 0.717) is 18.0 Å². The highest BCUT2D eigenvalue weighted by Crippen LogP contribution is 2.38. The van der Waals surface area contributed by atoms with Crippen molar-refractivity contribution in [2.45, 2.75) is 65.1 Å². The molecule has 0 N–H and O–H groups in total. The molecule has 1 aliphatic carbocycles. The molecule has 0 radical (unpaired) electrons. The molecule has 2 aliphatic rings. The van der Waals surface area contributed by atoms with Crippen molar-refractivity contribution in [1.29, 1.82) is 0 Å². The van der Waals surface area contributed by atoms with Crippen LogP contribution in [0.1, 0.15) is 45.7 Å². The lowest BCUT2D eigenvalue weighted by molar-refractivity contribution is -0.595. The molecule has 0 amide bonds. The van der Waals surface area contributed by atoms with E-state index in [9.17, 15) is 0 Å². The lowest BCUT2D eigenvalue weighted by Crippen LogP contribution is -2.49. The molecule has 0 saturated carbocycles. The fourth-order valence-corrected chi connectivity index (χ4v) is 3.82. The standard InChI is InChI=1S/C18H26NO/c1-12(2)17-19(13(3)4)16-10-14-8-6-7-9-15(14)11-18(16,5)20-17/h6-9,12-13,16H,10-11H2,1-5H3/q+1/t16-,18-/m0/s1. The van der Waals surface area contributed by atoms with Gasteiger partial charge in [0.1, 0.15) is 0 Å². The SMILES string of the molecule is CC(C)C1=[N+](C(C)C)[C@H]2Cc3ccccc3C[C@]2(C)O1. The summed E-state index contributed by atoms with van der Waals surface area (Å²) >= 11 is 0. The summed E-state index contributed by atoms with van der Waals surface area (Å²) in [7, 11) is 0. The quantitative estimate of drug-likeness (QED) is 0.751. The minimum atomic E-state index is -0.0712. The van der Waals surface area contributed by atoms with Gasteiger partial charge in [0.25, 0.3) is 0 Å². The largest absolute Gasteiger partial charge is 0.434 e. The molecule has 0 aromatic heterocycles. The molecule has 108 valence electrons. The molecule has 0 fully saturated rings. The Hall–Kier alpha value is -1.31. The molecule has 3 rings (SSSR count). The number of rotatable bonds is 2. The van der Waals surface area contributed by atoms with E-state index in [-0.39, 0.29) is 5.60 Å². The highest BCUT2D eigenvalue weighted by atomic mass is 16.5. The van der Waals surface area contributed by atoms with Gasteiger partial charge in [0, 0.05) is 12.8 Å². The van der Waals surface area contributed by atoms with Gasteiger partial charge in [-0.05, 0) is 45.7 Å². The molecule has 1 aliphatic heterocycles. The van der Waals surface area contributed by atoms with Crippen molar-refractivity contribution >= 4 is 5.90 Å². The van der Waals surface area contributed by atoms with Crippen LogP contribution in [0.3, 0.4) is 0 Å². The Morgan fingerprint density at radius 2 is 1.80 bits per heavy atom. The third-order valence-corrected chi connectivity index (χ3v) is 4.76. The number of benzene rings is 1. The smallest absolute Gasteiger partial charge is 0.340 e. The third-order valence-electron chi connectivity index (χ3n) is 4.76. The van der Waals surface area contributed by atoms with E-state index < -0.39 is 0 Å². The Morgan fingerprint density at radius 1 is 1.15 bits per heavy atom. The summed E-state index contributed by atoms with van der Waals surface area (Å²) < 4.78 is 9.02. The van der Waals surface area contributed by atoms with Gasteiger partial charge in [0.05, 0.1) is 5.92 Å². The van der Waals surface area contributed by atoms with Crippen molar-refractivity contribution in [2.24, 2.45) is 5.92 Å². The highest BCUT2D eigenvalue weighted by molar-refractivity contribution is 5.75. The summed E-state index contributed by atoms with van der Waals surface area (Å²) in [6.07, 6.45) is 2.12. The molecular formula is C18H26NO+. The lowest BCUT2D eigenvalue weighted by Gasteiger charge is -2.33. The Bertz CT molecular complexity index is 558. The van der Waals surface area contributed by atoms with Gasteiger partial charge < -0.3 is 4.74 Å². The molecule has 2 atom stereocenters. The van der Waals surface area contributed by atoms with Crippen LogP contribution in [-0.4, -0.2) is 28.2 Å². The Morgan fingerprint density at radius 3 is 2.40 bits per heavy atom. The zero-order chi connectivity index (χ0) is 14.5. The molecule has 20 heavy (non-hydrogen) atoms. The Labute approximate surface area is 122 Å². The van der Waals surface area contributed by atoms with Gasteiger partial charge >= 0.3 is 5.90 Å². The van der Waals surface area contributed by atoms with Crippen LogP contribution in [0.25, 0.3) is 0 Å². The first-order chi connectivity index (χ1) is 9.42. The second-order valence-electron chi connectivity index (χ2n) is 7.07. The molecule has 1 heterocycles. The first-order valence-corrected chi connectivity index (χ1v) is 7.83. The van der Waals surface area contributed by atoms with Crippen molar-refractivity contribution in [3.8, 4) is 0 Å². The number of fused-ring (bicyclic) bond motifs is 2. The van der Waals surface area contributed by atoms with E-state index in [1.165, 1.54) is 17.0 Å². The average molecular weight is 272 g/mol. The average Bonchev–Trinajstić information content (AvgIpc) is 2.68. The van der Waals surface area contributed by atoms with Crippen LogP contribution in [0.5, 0.6) is 0 Å². The van der Waals surface area contributed by atoms with Gasteiger partial charge in [-0.15, -0.1) is 0 Å². The fraction of sp³-hybridized carbons (Fsp3) is 0.611. The van der Waals surface area contributed by atoms with E-state index in [2.05, 4.69) is 63.5 Å². The second-order valence-corrected chi connectivity index (χ2v) is 7.07. The summed E-state index contributed by atoms with van der Waals surface area (Å²) in [6.45, 7) is 11.3. The maximum absolute atomic E-state index is 6.49. The molecule has 2 heteroatoms. The summed E-state index contributed by atoms with van der Waals surface area (Å²) in [6, 6.07) is 9.79. The van der Waals surface area contributed by atoms with Crippen LogP contribution in [0.2, 0.25) is 0 Å². The molecule has 0 spiro atoms. The predicted octanol–water partition coefficient (Wildman–Crippen LogP) is 3.42. The zero-order valence-electron chi connectivity index (χ0n) is 13.3. The van der Waals surface area contributed by atoms with Crippen molar-refractivity contribution in [3.63, 3.8) is 0 Å². The van der Waals surface area contributed by atoms with Gasteiger partial charge in [-0.2, -0.15) is 4.58 Å². The van der Waals surface area contributed by atoms with Crippen LogP contribution in [0.15, 0.2) is 24.3 Å². The van der Waals surface area contributed by atoms with Gasteiger partial charge in [0.2, 0.25) is 0 Å². The van der Waals surface area contributed by atoms with Crippen molar-refractivity contribution in [3.05, 3.63) is 35.4 Å². The normalized spacial score (nSPS) is 28.6. The maximum Gasteiger partial charge on any atom is 0.340 e. The molecule has 2 nitrogen and oxygen atoms in total. The van der Waals surface area contributed by atoms with Crippen molar-refractivity contribution in [2.75, 3.05) is 0 Å². The van der Waals surface area contributed by atoms with Gasteiger partial charge in [-0.1, -0.05) is 24.3 Å². The first kappa shape index (κ1) is 13.7. The maximum atomic E-state index is 6.49. The lowest BCUT2D eigenvalue weighted by atomic mass is 9.77. The zero-order valence-corrected chi connectivity index (χ0v) is 13.3. The van der Waals surface area contributed by atoms with Gasteiger partial charge in [-0.3, -0.25) is 0 Å². The van der Waals surface area contributed by atoms with Crippen LogP contribution >= 0.6 is 0 Å². The molecule has 1 aromatic carbocycles. The van der Waals surface area contributed by atoms with Crippen LogP contribution in [-0.2, 0) is 17.6 Å². The number of hydrogen-bond donors (Lipinski definition) is 0. The van der Waals surface area contributed by atoms with E-state index in [1.54, 1.807) is 0 Å². The monoisotopic (exact) mass is 272 g/mol. The topological polar surface area (TPSA) is 12.2 Å². The Balaban J connectivity index is 2.05. The fourth-order valence-electron chi connectivity index (χ4n) is 3.82. The first-order valence-electron chi connectivity index (χ1n) is 7.83. The van der Waals surface area contributed by atoms with Crippen molar-refractivity contribution < 1.29 is 9.31 Å². The summed E-state index contributed by atoms with van der Waals surface area (Å²) in [5, 5.41) is 0. The summed E-state index contributed by atoms with van der Waals surface area (Å²) in [4.78, 5) is 0. The van der Waals surface area contributed by atoms with Gasteiger partial charge in [-0.25, -0.2) is 0 Å². The number of ether oxygens (including phenoxy) is 1. The highest BCUT2D eigenvalue weighted by Gasteiger charge is 2.56. The predicted molar refractivity (Wildman–Crippen MR) is 82.4 cm³/mol. The number of nitrogens with zero attached hydrogens (tertiary/aromatic N) is 1. The van der Waals surface area contributed by atoms with Crippen LogP contribution in [0, 0.1) is 5.92 Å². The molecule has 1 aromatic rings. The van der Waals surface area contributed by atoms with Gasteiger partial charge in [0.15, 0.2) is 17.7 Å². The number of hydrogen-bond acceptors (Lipinski definition) is 1. The van der Waals surface area contributed by atoms with E-state index in [1.807, 2.05) is 0 Å². The van der Waals surface area contributed by atoms with E-state index in [0.717, 1.165) is 12.8 Å². The molecular weight excluding hydrogens is 246 g/mol. The Kier molecular flexibility index (Phi) is 3.15. The second kappa shape index (κ2) is 4.61. The van der Waals surface area contributed by atoms with Crippen molar-refractivity contribution in [1.82, 2.24) is 0 Å². The van der Waals surface area contributed by atoms with E-state index >= 15 is 0 Å². The molecule has 0 saturated heterocycles. The summed E-state index contributed by atoms with van der Waals surface area (Å²) in [5.41, 5.74) is 2.88. The van der Waals surface area contributed by atoms with E-state index in [4.69, 9.17) is 4.74 Å². The molecule has 0 unspecified atom stereocenters. The third kappa shape index (κ3) is 1.97. The summed E-state index contributed by atoms with van der Waals surface area (Å²) in [5.74, 6) is 1.63.